The Labute approximate surface area is 175 Å². The number of nitrogens with one attached hydrogen (secondary N) is 2. The number of carbonyl (C=O) groups is 1. The molecule has 30 heavy (non-hydrogen) atoms. The van der Waals surface area contributed by atoms with E-state index in [9.17, 15) is 14.0 Å². The molecule has 10 heteroatoms. The summed E-state index contributed by atoms with van der Waals surface area (Å²) in [5, 5.41) is 17.0. The quantitative estimate of drug-likeness (QED) is 0.654. The highest BCUT2D eigenvalue weighted by Crippen LogP contribution is 2.42. The molecule has 2 aliphatic rings. The van der Waals surface area contributed by atoms with Crippen molar-refractivity contribution in [3.63, 3.8) is 0 Å². The number of nitrogens with zero attached hydrogens (tertiary/aromatic N) is 4. The molecule has 2 N–H and O–H groups in total. The van der Waals surface area contributed by atoms with E-state index in [0.717, 1.165) is 18.4 Å². The maximum atomic E-state index is 14.8. The predicted octanol–water partition coefficient (Wildman–Crippen LogP) is 3.31. The number of halogens is 2. The number of aromatic nitrogens is 4. The molecule has 4 heterocycles. The van der Waals surface area contributed by atoms with Gasteiger partial charge in [-0.15, -0.1) is 0 Å². The molecule has 2 atom stereocenters. The molecule has 2 unspecified atom stereocenters. The monoisotopic (exact) mass is 426 g/mol. The normalized spacial score (nSPS) is 19.5. The Hall–Kier alpha value is -3.33. The molecule has 0 saturated carbocycles. The first-order valence-electron chi connectivity index (χ1n) is 9.45. The lowest BCUT2D eigenvalue weighted by Crippen LogP contribution is -2.45. The van der Waals surface area contributed by atoms with Crippen LogP contribution < -0.4 is 10.9 Å². The third-order valence-corrected chi connectivity index (χ3v) is 5.94. The SMILES string of the molecule is O=C(Nc1cc(Cl)c(-c2ccnnc2)cc1F)N1C2CCC1c1n[nH]c(=O)cc1C2. The first kappa shape index (κ1) is 18.7. The molecule has 1 aromatic carbocycles. The lowest BCUT2D eigenvalue weighted by molar-refractivity contribution is 0.177. The zero-order chi connectivity index (χ0) is 20.8. The van der Waals surface area contributed by atoms with Crippen LogP contribution >= 0.6 is 11.6 Å². The topological polar surface area (TPSA) is 104 Å². The molecule has 0 spiro atoms. The lowest BCUT2D eigenvalue weighted by Gasteiger charge is -2.35. The first-order chi connectivity index (χ1) is 14.5. The van der Waals surface area contributed by atoms with E-state index in [2.05, 4.69) is 25.7 Å². The van der Waals surface area contributed by atoms with E-state index in [4.69, 9.17) is 11.6 Å². The van der Waals surface area contributed by atoms with E-state index >= 15 is 0 Å². The van der Waals surface area contributed by atoms with Gasteiger partial charge >= 0.3 is 6.03 Å². The molecule has 1 fully saturated rings. The van der Waals surface area contributed by atoms with Gasteiger partial charge in [0.1, 0.15) is 5.82 Å². The number of aromatic amines is 1. The van der Waals surface area contributed by atoms with Gasteiger partial charge in [-0.05, 0) is 43.0 Å². The zero-order valence-electron chi connectivity index (χ0n) is 15.6. The smallest absolute Gasteiger partial charge is 0.313 e. The van der Waals surface area contributed by atoms with Crippen molar-refractivity contribution in [2.75, 3.05) is 5.32 Å². The Morgan fingerprint density at radius 3 is 2.93 bits per heavy atom. The van der Waals surface area contributed by atoms with E-state index < -0.39 is 11.8 Å². The number of urea groups is 1. The van der Waals surface area contributed by atoms with Crippen LogP contribution in [0.4, 0.5) is 14.9 Å². The third-order valence-electron chi connectivity index (χ3n) is 5.62. The fourth-order valence-electron chi connectivity index (χ4n) is 4.31. The number of rotatable bonds is 2. The predicted molar refractivity (Wildman–Crippen MR) is 108 cm³/mol. The second-order valence-corrected chi connectivity index (χ2v) is 7.78. The van der Waals surface area contributed by atoms with Crippen molar-refractivity contribution in [3.8, 4) is 11.1 Å². The summed E-state index contributed by atoms with van der Waals surface area (Å²) in [5.74, 6) is -0.605. The Morgan fingerprint density at radius 1 is 1.27 bits per heavy atom. The fraction of sp³-hybridized carbons (Fsp3) is 0.250. The van der Waals surface area contributed by atoms with Gasteiger partial charge in [-0.1, -0.05) is 11.6 Å². The lowest BCUT2D eigenvalue weighted by atomic mass is 9.99. The van der Waals surface area contributed by atoms with E-state index in [-0.39, 0.29) is 28.4 Å². The van der Waals surface area contributed by atoms with E-state index in [1.165, 1.54) is 30.6 Å². The van der Waals surface area contributed by atoms with Crippen LogP contribution in [0.2, 0.25) is 5.02 Å². The molecule has 8 nitrogen and oxygen atoms in total. The summed E-state index contributed by atoms with van der Waals surface area (Å²) < 4.78 is 14.8. The molecule has 2 aromatic heterocycles. The Balaban J connectivity index is 1.42. The average Bonchev–Trinajstić information content (AvgIpc) is 3.06. The van der Waals surface area contributed by atoms with Crippen molar-refractivity contribution < 1.29 is 9.18 Å². The Kier molecular flexibility index (Phi) is 4.47. The number of benzene rings is 1. The van der Waals surface area contributed by atoms with Crippen molar-refractivity contribution in [2.45, 2.75) is 31.3 Å². The number of hydrogen-bond donors (Lipinski definition) is 2. The van der Waals surface area contributed by atoms with Gasteiger partial charge in [0, 0.05) is 23.2 Å². The zero-order valence-corrected chi connectivity index (χ0v) is 16.4. The molecular formula is C20H16ClFN6O2. The minimum Gasteiger partial charge on any atom is -0.313 e. The average molecular weight is 427 g/mol. The van der Waals surface area contributed by atoms with Gasteiger partial charge in [-0.2, -0.15) is 15.3 Å². The summed E-state index contributed by atoms with van der Waals surface area (Å²) in [7, 11) is 0. The van der Waals surface area contributed by atoms with Gasteiger partial charge in [0.25, 0.3) is 5.56 Å². The van der Waals surface area contributed by atoms with E-state index in [1.807, 2.05) is 0 Å². The largest absolute Gasteiger partial charge is 0.322 e. The van der Waals surface area contributed by atoms with Gasteiger partial charge in [0.05, 0.1) is 34.8 Å². The summed E-state index contributed by atoms with van der Waals surface area (Å²) >= 11 is 6.33. The van der Waals surface area contributed by atoms with Crippen LogP contribution in [0.1, 0.15) is 30.1 Å². The Bertz CT molecular complexity index is 1200. The summed E-state index contributed by atoms with van der Waals surface area (Å²) in [6, 6.07) is 5.13. The number of anilines is 1. The van der Waals surface area contributed by atoms with Crippen molar-refractivity contribution in [2.24, 2.45) is 0 Å². The van der Waals surface area contributed by atoms with Gasteiger partial charge in [-0.25, -0.2) is 14.3 Å². The molecule has 0 aliphatic carbocycles. The minimum atomic E-state index is -0.605. The van der Waals surface area contributed by atoms with Gasteiger partial charge < -0.3 is 10.2 Å². The van der Waals surface area contributed by atoms with Crippen LogP contribution in [-0.4, -0.2) is 37.4 Å². The van der Waals surface area contributed by atoms with Crippen LogP contribution in [0.5, 0.6) is 0 Å². The van der Waals surface area contributed by atoms with E-state index in [1.54, 1.807) is 11.0 Å². The number of fused-ring (bicyclic) bond motifs is 4. The highest BCUT2D eigenvalue weighted by atomic mass is 35.5. The van der Waals surface area contributed by atoms with Gasteiger partial charge in [0.2, 0.25) is 0 Å². The second kappa shape index (κ2) is 7.17. The highest BCUT2D eigenvalue weighted by Gasteiger charge is 2.44. The number of hydrogen-bond acceptors (Lipinski definition) is 5. The highest BCUT2D eigenvalue weighted by molar-refractivity contribution is 6.33. The van der Waals surface area contributed by atoms with Gasteiger partial charge in [-0.3, -0.25) is 4.79 Å². The summed E-state index contributed by atoms with van der Waals surface area (Å²) in [6.07, 6.45) is 5.05. The molecular weight excluding hydrogens is 411 g/mol. The van der Waals surface area contributed by atoms with Crippen LogP contribution in [-0.2, 0) is 6.42 Å². The maximum absolute atomic E-state index is 14.8. The second-order valence-electron chi connectivity index (χ2n) is 7.37. The molecule has 152 valence electrons. The van der Waals surface area contributed by atoms with Crippen LogP contribution in [0.3, 0.4) is 0 Å². The van der Waals surface area contributed by atoms with E-state index in [0.29, 0.717) is 23.2 Å². The maximum Gasteiger partial charge on any atom is 0.322 e. The summed E-state index contributed by atoms with van der Waals surface area (Å²) in [6.45, 7) is 0. The molecule has 5 rings (SSSR count). The van der Waals surface area contributed by atoms with Gasteiger partial charge in [0.15, 0.2) is 0 Å². The van der Waals surface area contributed by atoms with Crippen molar-refractivity contribution in [1.82, 2.24) is 25.3 Å². The standard InChI is InChI=1S/C20H16ClFN6O2/c21-14-8-16(15(22)7-13(14)10-3-4-23-24-9-10)25-20(30)28-12-1-2-17(28)19-11(5-12)6-18(29)26-27-19/h3-4,6-9,12,17H,1-2,5H2,(H,25,30)(H,26,29). The first-order valence-corrected chi connectivity index (χ1v) is 9.83. The third kappa shape index (κ3) is 3.11. The number of carbonyl (C=O) groups excluding carboxylic acids is 1. The number of H-pyrrole nitrogens is 1. The van der Waals surface area contributed by atoms with Crippen LogP contribution in [0.25, 0.3) is 11.1 Å². The molecule has 0 radical (unpaired) electrons. The summed E-state index contributed by atoms with van der Waals surface area (Å²) in [4.78, 5) is 26.3. The minimum absolute atomic E-state index is 0.00427. The molecule has 2 bridgehead atoms. The molecule has 1 saturated heterocycles. The summed E-state index contributed by atoms with van der Waals surface area (Å²) in [5.41, 5.74) is 2.37. The molecule has 3 aromatic rings. The van der Waals surface area contributed by atoms with Crippen molar-refractivity contribution in [1.29, 1.82) is 0 Å². The fourth-order valence-corrected chi connectivity index (χ4v) is 4.58. The molecule has 2 aliphatic heterocycles. The van der Waals surface area contributed by atoms with Crippen molar-refractivity contribution >= 4 is 23.3 Å². The Morgan fingerprint density at radius 2 is 2.13 bits per heavy atom. The van der Waals surface area contributed by atoms with Crippen molar-refractivity contribution in [3.05, 3.63) is 69.1 Å². The number of amides is 2. The van der Waals surface area contributed by atoms with Crippen LogP contribution in [0, 0.1) is 5.82 Å². The molecule has 2 amide bonds. The van der Waals surface area contributed by atoms with Crippen LogP contribution in [0.15, 0.2) is 41.5 Å².